The zero-order valence-corrected chi connectivity index (χ0v) is 48.5. The second kappa shape index (κ2) is 22.5. The molecule has 410 valence electrons. The SMILES string of the molecule is c1ccc(-c2c(-c3ccccc3)c(-c3ccccc3)c(-c3cc4ccc5cc(-c6c(-c7ccccc7)c(-c7ccccc7)c(-c7ccccc7)c(-c7ccccc7)c6-c6ccccc6)cc6ccc(c3)c4c56)c(-c3ccccc3)c2-c2ccccc2)cc1. The van der Waals surface area contributed by atoms with Gasteiger partial charge in [-0.25, -0.2) is 0 Å². The molecule has 16 aromatic rings. The van der Waals surface area contributed by atoms with Crippen LogP contribution < -0.4 is 0 Å². The second-order valence-corrected chi connectivity index (χ2v) is 22.9. The second-order valence-electron chi connectivity index (χ2n) is 22.9. The third kappa shape index (κ3) is 9.10. The highest BCUT2D eigenvalue weighted by molar-refractivity contribution is 6.27. The first kappa shape index (κ1) is 52.1. The van der Waals surface area contributed by atoms with E-state index in [4.69, 9.17) is 0 Å². The molecule has 0 spiro atoms. The lowest BCUT2D eigenvalue weighted by molar-refractivity contribution is 1.52. The summed E-state index contributed by atoms with van der Waals surface area (Å²) >= 11 is 0. The van der Waals surface area contributed by atoms with Crippen molar-refractivity contribution in [3.8, 4) is 134 Å². The smallest absolute Gasteiger partial charge is 0.00134 e. The first-order chi connectivity index (χ1) is 43.7. The maximum atomic E-state index is 2.48. The van der Waals surface area contributed by atoms with Gasteiger partial charge in [0, 0.05) is 0 Å². The van der Waals surface area contributed by atoms with Crippen molar-refractivity contribution in [1.82, 2.24) is 0 Å². The molecular formula is C88H58. The highest BCUT2D eigenvalue weighted by Gasteiger charge is 2.32. The molecule has 0 saturated heterocycles. The maximum absolute atomic E-state index is 2.48. The van der Waals surface area contributed by atoms with Crippen LogP contribution in [0.5, 0.6) is 0 Å². The van der Waals surface area contributed by atoms with Crippen molar-refractivity contribution in [3.05, 3.63) is 352 Å². The average Bonchev–Trinajstić information content (AvgIpc) is 0.760. The minimum atomic E-state index is 1.16. The molecule has 0 N–H and O–H groups in total. The normalized spacial score (nSPS) is 11.4. The van der Waals surface area contributed by atoms with Crippen LogP contribution in [-0.2, 0) is 0 Å². The summed E-state index contributed by atoms with van der Waals surface area (Å²) in [5, 5.41) is 7.33. The van der Waals surface area contributed by atoms with E-state index in [0.29, 0.717) is 0 Å². The van der Waals surface area contributed by atoms with Gasteiger partial charge in [-0.1, -0.05) is 328 Å². The Hall–Kier alpha value is -11.4. The Bertz CT molecular complexity index is 4540. The third-order valence-corrected chi connectivity index (χ3v) is 17.7. The van der Waals surface area contributed by atoms with E-state index in [1.165, 1.54) is 144 Å². The van der Waals surface area contributed by atoms with Crippen LogP contribution in [0.15, 0.2) is 352 Å². The molecule has 0 bridgehead atoms. The van der Waals surface area contributed by atoms with Crippen LogP contribution >= 0.6 is 0 Å². The summed E-state index contributed by atoms with van der Waals surface area (Å²) in [5.41, 5.74) is 28.4. The topological polar surface area (TPSA) is 0 Å². The maximum Gasteiger partial charge on any atom is -0.00134 e. The number of rotatable bonds is 12. The summed E-state index contributed by atoms with van der Waals surface area (Å²) in [6.45, 7) is 0. The lowest BCUT2D eigenvalue weighted by Crippen LogP contribution is -2.02. The van der Waals surface area contributed by atoms with Crippen LogP contribution in [0.25, 0.3) is 166 Å². The van der Waals surface area contributed by atoms with Crippen molar-refractivity contribution >= 4 is 32.3 Å². The fourth-order valence-corrected chi connectivity index (χ4v) is 14.1. The largest absolute Gasteiger partial charge is 0.0622 e. The molecule has 0 radical (unpaired) electrons. The minimum Gasteiger partial charge on any atom is -0.0622 e. The molecule has 16 aromatic carbocycles. The molecule has 0 fully saturated rings. The quantitative estimate of drug-likeness (QED) is 0.107. The van der Waals surface area contributed by atoms with Crippen LogP contribution in [-0.4, -0.2) is 0 Å². The van der Waals surface area contributed by atoms with Crippen LogP contribution in [0.2, 0.25) is 0 Å². The molecule has 88 heavy (non-hydrogen) atoms. The van der Waals surface area contributed by atoms with E-state index in [-0.39, 0.29) is 0 Å². The molecule has 0 nitrogen and oxygen atoms in total. The monoisotopic (exact) mass is 1110 g/mol. The predicted molar refractivity (Wildman–Crippen MR) is 375 cm³/mol. The van der Waals surface area contributed by atoms with Gasteiger partial charge in [0.2, 0.25) is 0 Å². The highest BCUT2D eigenvalue weighted by atomic mass is 14.3. The van der Waals surface area contributed by atoms with Gasteiger partial charge in [-0.15, -0.1) is 0 Å². The standard InChI is InChI=1S/C88H58/c1-11-31-59(32-12-1)77-79(61-35-15-3-16-36-61)83(65-43-23-7-24-44-65)87(84(66-45-25-8-26-46-66)80(77)62-37-17-4-18-38-62)73-55-69-51-53-71-57-74(58-72-54-52-70(56-73)75(69)76(71)72)88-85(67-47-27-9-28-48-67)81(63-39-19-5-20-40-63)78(60-33-13-2-14-34-60)82(64-41-21-6-22-42-64)86(88)68-49-29-10-30-50-68/h1-58H. The zero-order chi connectivity index (χ0) is 58.3. The fraction of sp³-hybridized carbons (Fsp3) is 0. The van der Waals surface area contributed by atoms with Gasteiger partial charge in [-0.2, -0.15) is 0 Å². The third-order valence-electron chi connectivity index (χ3n) is 17.7. The summed E-state index contributed by atoms with van der Waals surface area (Å²) in [7, 11) is 0. The molecule has 0 heterocycles. The van der Waals surface area contributed by atoms with Crippen molar-refractivity contribution in [1.29, 1.82) is 0 Å². The van der Waals surface area contributed by atoms with Crippen LogP contribution in [0.1, 0.15) is 0 Å². The van der Waals surface area contributed by atoms with Gasteiger partial charge in [0.25, 0.3) is 0 Å². The van der Waals surface area contributed by atoms with Gasteiger partial charge in [0.15, 0.2) is 0 Å². The Balaban J connectivity index is 1.02. The Morgan fingerprint density at radius 1 is 0.102 bits per heavy atom. The molecule has 0 aliphatic carbocycles. The lowest BCUT2D eigenvalue weighted by Gasteiger charge is -2.29. The number of benzene rings is 16. The molecule has 0 atom stereocenters. The molecular weight excluding hydrogens is 1060 g/mol. The van der Waals surface area contributed by atoms with E-state index >= 15 is 0 Å². The summed E-state index contributed by atoms with van der Waals surface area (Å²) in [5.74, 6) is 0. The average molecular weight is 1120 g/mol. The van der Waals surface area contributed by atoms with Crippen LogP contribution in [0, 0.1) is 0 Å². The molecule has 0 aliphatic rings. The van der Waals surface area contributed by atoms with Crippen molar-refractivity contribution in [3.63, 3.8) is 0 Å². The summed E-state index contributed by atoms with van der Waals surface area (Å²) in [6.07, 6.45) is 0. The Morgan fingerprint density at radius 3 is 0.341 bits per heavy atom. The van der Waals surface area contributed by atoms with E-state index in [1.54, 1.807) is 0 Å². The zero-order valence-electron chi connectivity index (χ0n) is 48.5. The van der Waals surface area contributed by atoms with E-state index in [0.717, 1.165) is 22.3 Å². The van der Waals surface area contributed by atoms with E-state index in [2.05, 4.69) is 352 Å². The molecule has 0 amide bonds. The van der Waals surface area contributed by atoms with Gasteiger partial charge in [-0.3, -0.25) is 0 Å². The minimum absolute atomic E-state index is 1.16. The molecule has 16 rings (SSSR count). The van der Waals surface area contributed by atoms with Gasteiger partial charge >= 0.3 is 0 Å². The van der Waals surface area contributed by atoms with Crippen molar-refractivity contribution < 1.29 is 0 Å². The van der Waals surface area contributed by atoms with E-state index < -0.39 is 0 Å². The summed E-state index contributed by atoms with van der Waals surface area (Å²) < 4.78 is 0. The lowest BCUT2D eigenvalue weighted by atomic mass is 9.73. The first-order valence-corrected chi connectivity index (χ1v) is 30.5. The first-order valence-electron chi connectivity index (χ1n) is 30.5. The van der Waals surface area contributed by atoms with Gasteiger partial charge in [-0.05, 0) is 190 Å². The Labute approximate surface area is 514 Å². The Morgan fingerprint density at radius 2 is 0.216 bits per heavy atom. The number of hydrogen-bond donors (Lipinski definition) is 0. The van der Waals surface area contributed by atoms with Crippen molar-refractivity contribution in [2.75, 3.05) is 0 Å². The molecule has 0 saturated carbocycles. The summed E-state index contributed by atoms with van der Waals surface area (Å²) in [6, 6.07) is 130. The molecule has 0 aromatic heterocycles. The van der Waals surface area contributed by atoms with Crippen LogP contribution in [0.3, 0.4) is 0 Å². The Kier molecular flexibility index (Phi) is 13.3. The van der Waals surface area contributed by atoms with Gasteiger partial charge < -0.3 is 0 Å². The predicted octanol–water partition coefficient (Wildman–Crippen LogP) is 24.6. The molecule has 0 unspecified atom stereocenters. The highest BCUT2D eigenvalue weighted by Crippen LogP contribution is 2.59. The van der Waals surface area contributed by atoms with E-state index in [9.17, 15) is 0 Å². The van der Waals surface area contributed by atoms with E-state index in [1.807, 2.05) is 0 Å². The molecule has 0 heteroatoms. The van der Waals surface area contributed by atoms with Crippen LogP contribution in [0.4, 0.5) is 0 Å². The van der Waals surface area contributed by atoms with Gasteiger partial charge in [0.05, 0.1) is 0 Å². The van der Waals surface area contributed by atoms with Crippen molar-refractivity contribution in [2.45, 2.75) is 0 Å². The number of hydrogen-bond acceptors (Lipinski definition) is 0. The van der Waals surface area contributed by atoms with Crippen molar-refractivity contribution in [2.24, 2.45) is 0 Å². The summed E-state index contributed by atoms with van der Waals surface area (Å²) in [4.78, 5) is 0. The van der Waals surface area contributed by atoms with Gasteiger partial charge in [0.1, 0.15) is 0 Å². The molecule has 0 aliphatic heterocycles. The fourth-order valence-electron chi connectivity index (χ4n) is 14.1.